The number of rotatable bonds is 5. The standard InChI is InChI=1S/C15H21N3O3/c1-3-15(4-2,9-16)14(20)17-10-5-6-12-11(7-10)18-13(19)8-21-12/h5-7H,3-4,8-9,16H2,1-2H3,(H,17,20)(H,18,19). The second-order valence-corrected chi connectivity index (χ2v) is 5.19. The van der Waals surface area contributed by atoms with E-state index in [1.807, 2.05) is 13.8 Å². The summed E-state index contributed by atoms with van der Waals surface area (Å²) in [6, 6.07) is 5.17. The van der Waals surface area contributed by atoms with E-state index < -0.39 is 5.41 Å². The Balaban J connectivity index is 2.18. The average Bonchev–Trinajstić information content (AvgIpc) is 2.49. The molecule has 2 amide bonds. The molecule has 0 saturated heterocycles. The molecule has 0 aliphatic carbocycles. The molecule has 21 heavy (non-hydrogen) atoms. The number of fused-ring (bicyclic) bond motifs is 1. The Kier molecular flexibility index (Phi) is 4.47. The molecule has 1 aliphatic heterocycles. The molecule has 2 rings (SSSR count). The van der Waals surface area contributed by atoms with Gasteiger partial charge in [-0.25, -0.2) is 0 Å². The van der Waals surface area contributed by atoms with Crippen LogP contribution in [0.25, 0.3) is 0 Å². The molecule has 0 bridgehead atoms. The second kappa shape index (κ2) is 6.13. The van der Waals surface area contributed by atoms with Crippen LogP contribution in [0.1, 0.15) is 26.7 Å². The Morgan fingerprint density at radius 3 is 2.76 bits per heavy atom. The zero-order chi connectivity index (χ0) is 15.5. The van der Waals surface area contributed by atoms with E-state index in [-0.39, 0.29) is 18.4 Å². The minimum Gasteiger partial charge on any atom is -0.482 e. The molecular formula is C15H21N3O3. The smallest absolute Gasteiger partial charge is 0.262 e. The number of nitrogens with two attached hydrogens (primary N) is 1. The zero-order valence-corrected chi connectivity index (χ0v) is 12.4. The van der Waals surface area contributed by atoms with Gasteiger partial charge in [0.05, 0.1) is 11.1 Å². The van der Waals surface area contributed by atoms with Crippen LogP contribution in [0.3, 0.4) is 0 Å². The monoisotopic (exact) mass is 291 g/mol. The number of amides is 2. The van der Waals surface area contributed by atoms with Crippen LogP contribution in [0.5, 0.6) is 5.75 Å². The number of nitrogens with one attached hydrogen (secondary N) is 2. The van der Waals surface area contributed by atoms with Crippen molar-refractivity contribution < 1.29 is 14.3 Å². The number of carbonyl (C=O) groups is 2. The molecule has 0 spiro atoms. The van der Waals surface area contributed by atoms with Gasteiger partial charge in [-0.15, -0.1) is 0 Å². The van der Waals surface area contributed by atoms with Crippen molar-refractivity contribution in [3.8, 4) is 5.75 Å². The van der Waals surface area contributed by atoms with Crippen molar-refractivity contribution in [1.82, 2.24) is 0 Å². The second-order valence-electron chi connectivity index (χ2n) is 5.19. The van der Waals surface area contributed by atoms with E-state index in [4.69, 9.17) is 10.5 Å². The fourth-order valence-electron chi connectivity index (χ4n) is 2.38. The first-order valence-corrected chi connectivity index (χ1v) is 7.13. The van der Waals surface area contributed by atoms with Crippen molar-refractivity contribution in [1.29, 1.82) is 0 Å². The van der Waals surface area contributed by atoms with Crippen LogP contribution in [-0.4, -0.2) is 25.0 Å². The summed E-state index contributed by atoms with van der Waals surface area (Å²) in [7, 11) is 0. The number of benzene rings is 1. The fourth-order valence-corrected chi connectivity index (χ4v) is 2.38. The lowest BCUT2D eigenvalue weighted by Gasteiger charge is -2.28. The molecule has 0 aromatic heterocycles. The maximum Gasteiger partial charge on any atom is 0.262 e. The van der Waals surface area contributed by atoms with E-state index >= 15 is 0 Å². The summed E-state index contributed by atoms with van der Waals surface area (Å²) in [6.45, 7) is 4.23. The van der Waals surface area contributed by atoms with Gasteiger partial charge in [0.25, 0.3) is 5.91 Å². The quantitative estimate of drug-likeness (QED) is 0.770. The first kappa shape index (κ1) is 15.3. The maximum absolute atomic E-state index is 12.5. The highest BCUT2D eigenvalue weighted by molar-refractivity contribution is 5.99. The van der Waals surface area contributed by atoms with E-state index in [2.05, 4.69) is 10.6 Å². The zero-order valence-electron chi connectivity index (χ0n) is 12.4. The minimum atomic E-state index is -0.560. The molecule has 4 N–H and O–H groups in total. The molecule has 0 saturated carbocycles. The van der Waals surface area contributed by atoms with Gasteiger partial charge in [-0.05, 0) is 31.0 Å². The Hall–Kier alpha value is -2.08. The molecule has 114 valence electrons. The number of carbonyl (C=O) groups excluding carboxylic acids is 2. The lowest BCUT2D eigenvalue weighted by atomic mass is 9.81. The lowest BCUT2D eigenvalue weighted by molar-refractivity contribution is -0.125. The van der Waals surface area contributed by atoms with Crippen molar-refractivity contribution in [3.63, 3.8) is 0 Å². The number of anilines is 2. The highest BCUT2D eigenvalue weighted by Gasteiger charge is 2.33. The first-order chi connectivity index (χ1) is 10.0. The van der Waals surface area contributed by atoms with Gasteiger partial charge in [0.1, 0.15) is 5.75 Å². The molecule has 6 heteroatoms. The molecule has 0 unspecified atom stereocenters. The van der Waals surface area contributed by atoms with E-state index in [9.17, 15) is 9.59 Å². The summed E-state index contributed by atoms with van der Waals surface area (Å²) in [5, 5.41) is 5.59. The van der Waals surface area contributed by atoms with Crippen LogP contribution in [0.2, 0.25) is 0 Å². The van der Waals surface area contributed by atoms with Gasteiger partial charge < -0.3 is 21.1 Å². The Morgan fingerprint density at radius 1 is 1.43 bits per heavy atom. The van der Waals surface area contributed by atoms with Crippen LogP contribution >= 0.6 is 0 Å². The normalized spacial score (nSPS) is 14.0. The predicted octanol–water partition coefficient (Wildman–Crippen LogP) is 1.72. The molecule has 1 aromatic carbocycles. The van der Waals surface area contributed by atoms with Crippen LogP contribution in [-0.2, 0) is 9.59 Å². The van der Waals surface area contributed by atoms with E-state index in [1.54, 1.807) is 18.2 Å². The van der Waals surface area contributed by atoms with Crippen molar-refractivity contribution in [2.75, 3.05) is 23.8 Å². The molecule has 1 aromatic rings. The summed E-state index contributed by atoms with van der Waals surface area (Å²) in [6.07, 6.45) is 1.35. The number of hydrogen-bond acceptors (Lipinski definition) is 4. The summed E-state index contributed by atoms with van der Waals surface area (Å²) in [5.74, 6) is 0.297. The molecule has 1 heterocycles. The number of hydrogen-bond donors (Lipinski definition) is 3. The molecular weight excluding hydrogens is 270 g/mol. The molecule has 0 fully saturated rings. The predicted molar refractivity (Wildman–Crippen MR) is 81.3 cm³/mol. The number of ether oxygens (including phenoxy) is 1. The summed E-state index contributed by atoms with van der Waals surface area (Å²) < 4.78 is 5.28. The largest absolute Gasteiger partial charge is 0.482 e. The fraction of sp³-hybridized carbons (Fsp3) is 0.467. The van der Waals surface area contributed by atoms with Gasteiger partial charge in [-0.3, -0.25) is 9.59 Å². The lowest BCUT2D eigenvalue weighted by Crippen LogP contribution is -2.41. The maximum atomic E-state index is 12.5. The highest BCUT2D eigenvalue weighted by atomic mass is 16.5. The SMILES string of the molecule is CCC(CC)(CN)C(=O)Nc1ccc2c(c1)NC(=O)CO2. The van der Waals surface area contributed by atoms with Gasteiger partial charge in [0, 0.05) is 12.2 Å². The van der Waals surface area contributed by atoms with Gasteiger partial charge in [-0.2, -0.15) is 0 Å². The Bertz CT molecular complexity index is 545. The Morgan fingerprint density at radius 2 is 2.14 bits per heavy atom. The van der Waals surface area contributed by atoms with Crippen LogP contribution in [0.4, 0.5) is 11.4 Å². The van der Waals surface area contributed by atoms with Gasteiger partial charge in [-0.1, -0.05) is 13.8 Å². The van der Waals surface area contributed by atoms with Crippen LogP contribution in [0, 0.1) is 5.41 Å². The minimum absolute atomic E-state index is 0.0145. The summed E-state index contributed by atoms with van der Waals surface area (Å²) in [4.78, 5) is 23.8. The third-order valence-electron chi connectivity index (χ3n) is 4.10. The third kappa shape index (κ3) is 3.00. The van der Waals surface area contributed by atoms with Crippen molar-refractivity contribution >= 4 is 23.2 Å². The molecule has 0 radical (unpaired) electrons. The first-order valence-electron chi connectivity index (χ1n) is 7.13. The van der Waals surface area contributed by atoms with Gasteiger partial charge >= 0.3 is 0 Å². The molecule has 1 aliphatic rings. The highest BCUT2D eigenvalue weighted by Crippen LogP contribution is 2.32. The summed E-state index contributed by atoms with van der Waals surface area (Å²) in [5.41, 5.74) is 6.39. The van der Waals surface area contributed by atoms with Crippen LogP contribution < -0.4 is 21.1 Å². The van der Waals surface area contributed by atoms with E-state index in [1.165, 1.54) is 0 Å². The van der Waals surface area contributed by atoms with Crippen molar-refractivity contribution in [3.05, 3.63) is 18.2 Å². The van der Waals surface area contributed by atoms with E-state index in [0.717, 1.165) is 0 Å². The van der Waals surface area contributed by atoms with Crippen LogP contribution in [0.15, 0.2) is 18.2 Å². The topological polar surface area (TPSA) is 93.5 Å². The van der Waals surface area contributed by atoms with Crippen molar-refractivity contribution in [2.24, 2.45) is 11.1 Å². The van der Waals surface area contributed by atoms with Gasteiger partial charge in [0.15, 0.2) is 6.61 Å². The van der Waals surface area contributed by atoms with Gasteiger partial charge in [0.2, 0.25) is 5.91 Å². The molecule has 6 nitrogen and oxygen atoms in total. The average molecular weight is 291 g/mol. The summed E-state index contributed by atoms with van der Waals surface area (Å²) >= 11 is 0. The van der Waals surface area contributed by atoms with E-state index in [0.29, 0.717) is 36.5 Å². The third-order valence-corrected chi connectivity index (χ3v) is 4.10. The Labute approximate surface area is 124 Å². The van der Waals surface area contributed by atoms with Crippen molar-refractivity contribution in [2.45, 2.75) is 26.7 Å². The molecule has 0 atom stereocenters.